The molecule has 0 bridgehead atoms. The van der Waals surface area contributed by atoms with Crippen LogP contribution in [0.3, 0.4) is 0 Å². The summed E-state index contributed by atoms with van der Waals surface area (Å²) in [4.78, 5) is -0.105. The molecule has 0 fully saturated rings. The van der Waals surface area contributed by atoms with Gasteiger partial charge in [0.05, 0.1) is 17.1 Å². The van der Waals surface area contributed by atoms with Crippen LogP contribution in [0, 0.1) is 0 Å². The average Bonchev–Trinajstić information content (AvgIpc) is 2.14. The van der Waals surface area contributed by atoms with E-state index >= 15 is 0 Å². The van der Waals surface area contributed by atoms with Crippen LogP contribution in [0.25, 0.3) is 0 Å². The maximum absolute atomic E-state index is 11.9. The van der Waals surface area contributed by atoms with Gasteiger partial charge in [-0.1, -0.05) is 22.0 Å². The molecule has 0 heterocycles. The van der Waals surface area contributed by atoms with Crippen LogP contribution in [-0.4, -0.2) is 20.3 Å². The molecule has 1 aromatic carbocycles. The SMILES string of the molecule is O=S(=O)(CCC(F)(F)F)c1cccc(Br)c1. The number of sulfone groups is 1. The molecule has 2 nitrogen and oxygen atoms in total. The van der Waals surface area contributed by atoms with Gasteiger partial charge < -0.3 is 0 Å². The third-order valence-electron chi connectivity index (χ3n) is 1.81. The molecule has 16 heavy (non-hydrogen) atoms. The molecule has 0 aliphatic carbocycles. The summed E-state index contributed by atoms with van der Waals surface area (Å²) in [6.07, 6.45) is -5.79. The lowest BCUT2D eigenvalue weighted by atomic mass is 10.4. The van der Waals surface area contributed by atoms with E-state index in [0.717, 1.165) is 0 Å². The number of hydrogen-bond donors (Lipinski definition) is 0. The minimum Gasteiger partial charge on any atom is -0.224 e. The van der Waals surface area contributed by atoms with Gasteiger partial charge in [0.25, 0.3) is 0 Å². The molecule has 0 aliphatic rings. The van der Waals surface area contributed by atoms with Crippen molar-refractivity contribution in [2.24, 2.45) is 0 Å². The van der Waals surface area contributed by atoms with Crippen molar-refractivity contribution in [3.8, 4) is 0 Å². The maximum Gasteiger partial charge on any atom is 0.390 e. The summed E-state index contributed by atoms with van der Waals surface area (Å²) >= 11 is 3.06. The molecule has 0 saturated carbocycles. The number of benzene rings is 1. The Morgan fingerprint density at radius 2 is 1.88 bits per heavy atom. The topological polar surface area (TPSA) is 34.1 Å². The van der Waals surface area contributed by atoms with Crippen molar-refractivity contribution in [3.63, 3.8) is 0 Å². The minimum absolute atomic E-state index is 0.105. The van der Waals surface area contributed by atoms with Gasteiger partial charge in [-0.2, -0.15) is 13.2 Å². The van der Waals surface area contributed by atoms with Gasteiger partial charge in [-0.25, -0.2) is 8.42 Å². The molecule has 0 amide bonds. The summed E-state index contributed by atoms with van der Waals surface area (Å²) < 4.78 is 59.3. The standard InChI is InChI=1S/C9H8BrF3O2S/c10-7-2-1-3-8(6-7)16(14,15)5-4-9(11,12)13/h1-3,6H,4-5H2. The predicted octanol–water partition coefficient (Wildman–Crippen LogP) is 3.18. The summed E-state index contributed by atoms with van der Waals surface area (Å²) in [5, 5.41) is 0. The van der Waals surface area contributed by atoms with E-state index in [0.29, 0.717) is 4.47 Å². The normalized spacial score (nSPS) is 12.8. The average molecular weight is 317 g/mol. The van der Waals surface area contributed by atoms with Gasteiger partial charge in [0.1, 0.15) is 0 Å². The predicted molar refractivity (Wildman–Crippen MR) is 56.9 cm³/mol. The second-order valence-electron chi connectivity index (χ2n) is 3.14. The second-order valence-corrected chi connectivity index (χ2v) is 6.17. The van der Waals surface area contributed by atoms with E-state index in [1.165, 1.54) is 18.2 Å². The Labute approximate surface area is 99.5 Å². The molecule has 90 valence electrons. The molecule has 0 spiro atoms. The van der Waals surface area contributed by atoms with Crippen molar-refractivity contribution in [1.82, 2.24) is 0 Å². The molecule has 0 N–H and O–H groups in total. The van der Waals surface area contributed by atoms with Gasteiger partial charge in [-0.3, -0.25) is 0 Å². The van der Waals surface area contributed by atoms with Crippen LogP contribution in [0.15, 0.2) is 33.6 Å². The molecule has 0 saturated heterocycles. The van der Waals surface area contributed by atoms with Crippen molar-refractivity contribution in [2.45, 2.75) is 17.5 Å². The Balaban J connectivity index is 2.87. The first kappa shape index (κ1) is 13.5. The molecule has 0 radical (unpaired) electrons. The lowest BCUT2D eigenvalue weighted by Crippen LogP contribution is -2.16. The Hall–Kier alpha value is -0.560. The lowest BCUT2D eigenvalue weighted by Gasteiger charge is -2.07. The van der Waals surface area contributed by atoms with E-state index in [1.807, 2.05) is 0 Å². The lowest BCUT2D eigenvalue weighted by molar-refractivity contribution is -0.129. The van der Waals surface area contributed by atoms with Crippen molar-refractivity contribution in [1.29, 1.82) is 0 Å². The fourth-order valence-corrected chi connectivity index (χ4v) is 2.91. The molecule has 1 rings (SSSR count). The zero-order valence-corrected chi connectivity index (χ0v) is 10.4. The zero-order valence-electron chi connectivity index (χ0n) is 7.96. The minimum atomic E-state index is -4.46. The Morgan fingerprint density at radius 3 is 2.38 bits per heavy atom. The van der Waals surface area contributed by atoms with Crippen LogP contribution in [0.2, 0.25) is 0 Å². The Kier molecular flexibility index (Phi) is 4.01. The van der Waals surface area contributed by atoms with Gasteiger partial charge >= 0.3 is 6.18 Å². The van der Waals surface area contributed by atoms with Gasteiger partial charge in [0.15, 0.2) is 9.84 Å². The smallest absolute Gasteiger partial charge is 0.224 e. The molecule has 0 unspecified atom stereocenters. The van der Waals surface area contributed by atoms with E-state index < -0.39 is 28.2 Å². The highest BCUT2D eigenvalue weighted by molar-refractivity contribution is 9.10. The van der Waals surface area contributed by atoms with Crippen LogP contribution in [0.4, 0.5) is 13.2 Å². The van der Waals surface area contributed by atoms with E-state index in [9.17, 15) is 21.6 Å². The third-order valence-corrected chi connectivity index (χ3v) is 4.02. The first-order valence-corrected chi connectivity index (χ1v) is 6.70. The number of halogens is 4. The third kappa shape index (κ3) is 4.13. The number of rotatable bonds is 3. The van der Waals surface area contributed by atoms with Gasteiger partial charge in [0.2, 0.25) is 0 Å². The van der Waals surface area contributed by atoms with E-state index in [2.05, 4.69) is 15.9 Å². The summed E-state index contributed by atoms with van der Waals surface area (Å²) in [6, 6.07) is 5.62. The first-order valence-electron chi connectivity index (χ1n) is 4.26. The summed E-state index contributed by atoms with van der Waals surface area (Å²) in [6.45, 7) is 0. The van der Waals surface area contributed by atoms with Crippen LogP contribution in [0.1, 0.15) is 6.42 Å². The van der Waals surface area contributed by atoms with E-state index in [4.69, 9.17) is 0 Å². The van der Waals surface area contributed by atoms with Gasteiger partial charge in [-0.15, -0.1) is 0 Å². The van der Waals surface area contributed by atoms with E-state index in [1.54, 1.807) is 6.07 Å². The fraction of sp³-hybridized carbons (Fsp3) is 0.333. The first-order chi connectivity index (χ1) is 7.21. The highest BCUT2D eigenvalue weighted by atomic mass is 79.9. The summed E-state index contributed by atoms with van der Waals surface area (Å²) in [5.41, 5.74) is 0. The highest BCUT2D eigenvalue weighted by Crippen LogP contribution is 2.23. The Morgan fingerprint density at radius 1 is 1.25 bits per heavy atom. The molecule has 0 aromatic heterocycles. The molecule has 1 aromatic rings. The molecule has 7 heteroatoms. The Bertz CT molecular complexity index is 468. The number of alkyl halides is 3. The summed E-state index contributed by atoms with van der Waals surface area (Å²) in [7, 11) is -3.87. The fourth-order valence-electron chi connectivity index (χ4n) is 1.03. The van der Waals surface area contributed by atoms with Crippen LogP contribution in [-0.2, 0) is 9.84 Å². The van der Waals surface area contributed by atoms with E-state index in [-0.39, 0.29) is 4.90 Å². The van der Waals surface area contributed by atoms with Gasteiger partial charge in [-0.05, 0) is 18.2 Å². The van der Waals surface area contributed by atoms with Crippen LogP contribution >= 0.6 is 15.9 Å². The largest absolute Gasteiger partial charge is 0.390 e. The molecule has 0 aliphatic heterocycles. The summed E-state index contributed by atoms with van der Waals surface area (Å²) in [5.74, 6) is -0.924. The van der Waals surface area contributed by atoms with Gasteiger partial charge in [0, 0.05) is 4.47 Å². The van der Waals surface area contributed by atoms with Crippen molar-refractivity contribution >= 4 is 25.8 Å². The second kappa shape index (κ2) is 4.75. The molecular formula is C9H8BrF3O2S. The highest BCUT2D eigenvalue weighted by Gasteiger charge is 2.30. The van der Waals surface area contributed by atoms with Crippen molar-refractivity contribution in [2.75, 3.05) is 5.75 Å². The van der Waals surface area contributed by atoms with Crippen LogP contribution in [0.5, 0.6) is 0 Å². The van der Waals surface area contributed by atoms with Crippen LogP contribution < -0.4 is 0 Å². The molecular weight excluding hydrogens is 309 g/mol. The number of hydrogen-bond acceptors (Lipinski definition) is 2. The quantitative estimate of drug-likeness (QED) is 0.858. The van der Waals surface area contributed by atoms with Crippen molar-refractivity contribution < 1.29 is 21.6 Å². The van der Waals surface area contributed by atoms with Crippen molar-refractivity contribution in [3.05, 3.63) is 28.7 Å². The maximum atomic E-state index is 11.9. The molecule has 0 atom stereocenters. The monoisotopic (exact) mass is 316 g/mol. The zero-order chi connectivity index (χ0) is 12.4.